The topological polar surface area (TPSA) is 29.5 Å². The van der Waals surface area contributed by atoms with Crippen LogP contribution in [0.2, 0.25) is 0 Å². The molecule has 3 heteroatoms. The van der Waals surface area contributed by atoms with E-state index in [4.69, 9.17) is 4.74 Å². The first-order valence-electron chi connectivity index (χ1n) is 5.91. The minimum atomic E-state index is -0.746. The van der Waals surface area contributed by atoms with E-state index in [0.717, 1.165) is 11.3 Å². The van der Waals surface area contributed by atoms with Gasteiger partial charge in [-0.3, -0.25) is 0 Å². The molecular weight excluding hydrogens is 231 g/mol. The normalized spacial score (nSPS) is 19.1. The Morgan fingerprint density at radius 2 is 2.00 bits per heavy atom. The molecule has 0 spiro atoms. The maximum Gasteiger partial charge on any atom is 0.123 e. The predicted octanol–water partition coefficient (Wildman–Crippen LogP) is 3.04. The highest BCUT2D eigenvalue weighted by Crippen LogP contribution is 2.40. The van der Waals surface area contributed by atoms with Crippen LogP contribution in [0.3, 0.4) is 0 Å². The third-order valence-electron chi connectivity index (χ3n) is 3.31. The standard InChI is InChI=1S/C15H13FO2/c16-11-5-3-4-10(8-11)15(17)13-9-18-14-7-2-1-6-12(13)14/h1-8,13,15,17H,9H2. The lowest BCUT2D eigenvalue weighted by Gasteiger charge is -2.17. The van der Waals surface area contributed by atoms with Gasteiger partial charge in [-0.25, -0.2) is 4.39 Å². The summed E-state index contributed by atoms with van der Waals surface area (Å²) in [6.45, 7) is 0.428. The van der Waals surface area contributed by atoms with Crippen LogP contribution in [-0.4, -0.2) is 11.7 Å². The van der Waals surface area contributed by atoms with Crippen LogP contribution in [0.15, 0.2) is 48.5 Å². The molecule has 0 fully saturated rings. The van der Waals surface area contributed by atoms with Gasteiger partial charge in [0.05, 0.1) is 18.6 Å². The van der Waals surface area contributed by atoms with Crippen molar-refractivity contribution in [3.05, 3.63) is 65.5 Å². The number of benzene rings is 2. The van der Waals surface area contributed by atoms with Crippen LogP contribution >= 0.6 is 0 Å². The molecule has 3 rings (SSSR count). The van der Waals surface area contributed by atoms with Crippen LogP contribution < -0.4 is 4.74 Å². The van der Waals surface area contributed by atoms with Crippen LogP contribution in [0.4, 0.5) is 4.39 Å². The molecule has 18 heavy (non-hydrogen) atoms. The molecule has 1 aliphatic heterocycles. The van der Waals surface area contributed by atoms with Crippen LogP contribution in [0.1, 0.15) is 23.1 Å². The van der Waals surface area contributed by atoms with Gasteiger partial charge < -0.3 is 9.84 Å². The Hall–Kier alpha value is -1.87. The zero-order valence-corrected chi connectivity index (χ0v) is 9.71. The molecule has 0 aliphatic carbocycles. The first-order valence-corrected chi connectivity index (χ1v) is 5.91. The zero-order valence-electron chi connectivity index (χ0n) is 9.71. The van der Waals surface area contributed by atoms with E-state index in [1.54, 1.807) is 12.1 Å². The van der Waals surface area contributed by atoms with E-state index in [1.807, 2.05) is 24.3 Å². The molecular formula is C15H13FO2. The van der Waals surface area contributed by atoms with E-state index < -0.39 is 6.10 Å². The quantitative estimate of drug-likeness (QED) is 0.879. The zero-order chi connectivity index (χ0) is 12.5. The van der Waals surface area contributed by atoms with Gasteiger partial charge in [0.2, 0.25) is 0 Å². The fourth-order valence-corrected chi connectivity index (χ4v) is 2.37. The molecule has 0 bridgehead atoms. The van der Waals surface area contributed by atoms with Gasteiger partial charge >= 0.3 is 0 Å². The second-order valence-electron chi connectivity index (χ2n) is 4.46. The third-order valence-corrected chi connectivity index (χ3v) is 3.31. The van der Waals surface area contributed by atoms with E-state index in [2.05, 4.69) is 0 Å². The first-order chi connectivity index (χ1) is 8.75. The lowest BCUT2D eigenvalue weighted by Crippen LogP contribution is -2.12. The van der Waals surface area contributed by atoms with Crippen molar-refractivity contribution in [2.24, 2.45) is 0 Å². The third kappa shape index (κ3) is 1.87. The number of fused-ring (bicyclic) bond motifs is 1. The average Bonchev–Trinajstić information content (AvgIpc) is 2.82. The Labute approximate surface area is 105 Å². The average molecular weight is 244 g/mol. The highest BCUT2D eigenvalue weighted by molar-refractivity contribution is 5.41. The van der Waals surface area contributed by atoms with Gasteiger partial charge in [0.25, 0.3) is 0 Å². The molecule has 1 aliphatic rings. The second-order valence-corrected chi connectivity index (χ2v) is 4.46. The predicted molar refractivity (Wildman–Crippen MR) is 66.0 cm³/mol. The molecule has 0 radical (unpaired) electrons. The van der Waals surface area contributed by atoms with Gasteiger partial charge in [-0.2, -0.15) is 0 Å². The van der Waals surface area contributed by atoms with Gasteiger partial charge in [-0.1, -0.05) is 30.3 Å². The molecule has 0 amide bonds. The summed E-state index contributed by atoms with van der Waals surface area (Å²) in [5.74, 6) is 0.333. The summed E-state index contributed by atoms with van der Waals surface area (Å²) in [7, 11) is 0. The van der Waals surface area contributed by atoms with Crippen LogP contribution in [0.5, 0.6) is 5.75 Å². The lowest BCUT2D eigenvalue weighted by atomic mass is 9.91. The molecule has 0 saturated carbocycles. The molecule has 1 heterocycles. The smallest absolute Gasteiger partial charge is 0.123 e. The Morgan fingerprint density at radius 3 is 2.83 bits per heavy atom. The summed E-state index contributed by atoms with van der Waals surface area (Å²) in [5, 5.41) is 10.3. The van der Waals surface area contributed by atoms with Gasteiger partial charge in [0, 0.05) is 5.56 Å². The summed E-state index contributed by atoms with van der Waals surface area (Å²) in [6, 6.07) is 13.7. The van der Waals surface area contributed by atoms with Crippen molar-refractivity contribution in [1.29, 1.82) is 0 Å². The van der Waals surface area contributed by atoms with Gasteiger partial charge in [0.1, 0.15) is 11.6 Å². The van der Waals surface area contributed by atoms with Gasteiger partial charge in [0.15, 0.2) is 0 Å². The SMILES string of the molecule is OC(c1cccc(F)c1)C1COc2ccccc21. The van der Waals surface area contributed by atoms with Crippen LogP contribution in [-0.2, 0) is 0 Å². The van der Waals surface area contributed by atoms with Crippen LogP contribution in [0, 0.1) is 5.82 Å². The minimum Gasteiger partial charge on any atom is -0.493 e. The second kappa shape index (κ2) is 4.42. The Kier molecular flexibility index (Phi) is 2.76. The highest BCUT2D eigenvalue weighted by Gasteiger charge is 2.30. The van der Waals surface area contributed by atoms with E-state index in [1.165, 1.54) is 12.1 Å². The van der Waals surface area contributed by atoms with Crippen LogP contribution in [0.25, 0.3) is 0 Å². The summed E-state index contributed by atoms with van der Waals surface area (Å²) in [4.78, 5) is 0. The number of hydrogen-bond donors (Lipinski definition) is 1. The van der Waals surface area contributed by atoms with E-state index in [-0.39, 0.29) is 11.7 Å². The lowest BCUT2D eigenvalue weighted by molar-refractivity contribution is 0.130. The Morgan fingerprint density at radius 1 is 1.17 bits per heavy atom. The number of aliphatic hydroxyl groups is 1. The number of para-hydroxylation sites is 1. The highest BCUT2D eigenvalue weighted by atomic mass is 19.1. The Balaban J connectivity index is 1.93. The van der Waals surface area contributed by atoms with Crippen molar-refractivity contribution < 1.29 is 14.2 Å². The van der Waals surface area contributed by atoms with Gasteiger partial charge in [-0.05, 0) is 23.8 Å². The minimum absolute atomic E-state index is 0.136. The summed E-state index contributed by atoms with van der Waals surface area (Å²) >= 11 is 0. The summed E-state index contributed by atoms with van der Waals surface area (Å²) in [6.07, 6.45) is -0.746. The molecule has 92 valence electrons. The van der Waals surface area contributed by atoms with Crippen molar-refractivity contribution in [2.45, 2.75) is 12.0 Å². The molecule has 2 unspecified atom stereocenters. The largest absolute Gasteiger partial charge is 0.493 e. The Bertz CT molecular complexity index is 568. The number of halogens is 1. The fourth-order valence-electron chi connectivity index (χ4n) is 2.37. The molecule has 2 aromatic carbocycles. The van der Waals surface area contributed by atoms with E-state index in [0.29, 0.717) is 12.2 Å². The first kappa shape index (κ1) is 11.2. The molecule has 1 N–H and O–H groups in total. The molecule has 0 aromatic heterocycles. The fraction of sp³-hybridized carbons (Fsp3) is 0.200. The van der Waals surface area contributed by atoms with Crippen molar-refractivity contribution in [3.63, 3.8) is 0 Å². The molecule has 2 atom stereocenters. The number of rotatable bonds is 2. The number of aliphatic hydroxyl groups excluding tert-OH is 1. The summed E-state index contributed by atoms with van der Waals surface area (Å²) < 4.78 is 18.7. The maximum absolute atomic E-state index is 13.2. The van der Waals surface area contributed by atoms with Crippen molar-refractivity contribution in [1.82, 2.24) is 0 Å². The molecule has 0 saturated heterocycles. The van der Waals surface area contributed by atoms with E-state index in [9.17, 15) is 9.50 Å². The number of hydrogen-bond acceptors (Lipinski definition) is 2. The monoisotopic (exact) mass is 244 g/mol. The number of ether oxygens (including phenoxy) is 1. The van der Waals surface area contributed by atoms with E-state index >= 15 is 0 Å². The maximum atomic E-state index is 13.2. The summed E-state index contributed by atoms with van der Waals surface area (Å²) in [5.41, 5.74) is 1.56. The van der Waals surface area contributed by atoms with Crippen molar-refractivity contribution in [3.8, 4) is 5.75 Å². The molecule has 2 nitrogen and oxygen atoms in total. The van der Waals surface area contributed by atoms with Crippen molar-refractivity contribution >= 4 is 0 Å². The van der Waals surface area contributed by atoms with Crippen molar-refractivity contribution in [2.75, 3.05) is 6.61 Å². The molecule has 2 aromatic rings. The van der Waals surface area contributed by atoms with Gasteiger partial charge in [-0.15, -0.1) is 0 Å².